The molecule has 9 nitrogen and oxygen atoms in total. The second-order valence-corrected chi connectivity index (χ2v) is 13.6. The van der Waals surface area contributed by atoms with Crippen LogP contribution < -0.4 is 15.4 Å². The molecular formula is C30H40N4O5S. The molecule has 5 rings (SSSR count). The maximum absolute atomic E-state index is 13.6. The Morgan fingerprint density at radius 3 is 2.75 bits per heavy atom. The Morgan fingerprint density at radius 2 is 2.00 bits per heavy atom. The van der Waals surface area contributed by atoms with Crippen molar-refractivity contribution in [2.75, 3.05) is 11.9 Å². The van der Waals surface area contributed by atoms with E-state index in [0.717, 1.165) is 23.2 Å². The number of rotatable bonds is 10. The van der Waals surface area contributed by atoms with Gasteiger partial charge in [0.1, 0.15) is 10.4 Å². The molecule has 0 spiro atoms. The number of hydrogen-bond acceptors (Lipinski definition) is 6. The minimum Gasteiger partial charge on any atom is -0.477 e. The van der Waals surface area contributed by atoms with E-state index in [1.807, 2.05) is 13.8 Å². The van der Waals surface area contributed by atoms with Crippen molar-refractivity contribution in [3.05, 3.63) is 34.2 Å². The molecule has 216 valence electrons. The summed E-state index contributed by atoms with van der Waals surface area (Å²) in [5.41, 5.74) is -0.338. The second kappa shape index (κ2) is 11.4. The van der Waals surface area contributed by atoms with Crippen molar-refractivity contribution < 1.29 is 24.2 Å². The van der Waals surface area contributed by atoms with Gasteiger partial charge in [-0.3, -0.25) is 9.59 Å². The van der Waals surface area contributed by atoms with Crippen molar-refractivity contribution >= 4 is 41.0 Å². The minimum absolute atomic E-state index is 0.0789. The summed E-state index contributed by atoms with van der Waals surface area (Å²) in [6.07, 6.45) is 12.4. The van der Waals surface area contributed by atoms with Crippen LogP contribution >= 0.6 is 11.3 Å². The lowest BCUT2D eigenvalue weighted by atomic mass is 9.79. The van der Waals surface area contributed by atoms with Gasteiger partial charge >= 0.3 is 5.97 Å². The molecule has 0 saturated heterocycles. The van der Waals surface area contributed by atoms with Crippen LogP contribution in [0.25, 0.3) is 6.20 Å². The van der Waals surface area contributed by atoms with Crippen LogP contribution in [0.15, 0.2) is 23.7 Å². The van der Waals surface area contributed by atoms with Crippen LogP contribution in [0.1, 0.15) is 86.2 Å². The number of nitrogens with zero attached hydrogens (tertiary/aromatic N) is 2. The summed E-state index contributed by atoms with van der Waals surface area (Å²) < 4.78 is 7.60. The van der Waals surface area contributed by atoms with E-state index in [1.54, 1.807) is 37.6 Å². The van der Waals surface area contributed by atoms with Gasteiger partial charge in [0.05, 0.1) is 23.9 Å². The van der Waals surface area contributed by atoms with Gasteiger partial charge in [-0.05, 0) is 80.6 Å². The molecule has 0 radical (unpaired) electrons. The van der Waals surface area contributed by atoms with Gasteiger partial charge in [0, 0.05) is 12.2 Å². The van der Waals surface area contributed by atoms with E-state index < -0.39 is 11.4 Å². The van der Waals surface area contributed by atoms with Crippen molar-refractivity contribution in [3.63, 3.8) is 0 Å². The standard InChI is InChI=1S/C30H40N4O5S/c1-17(2)16-39-27-22(26(35)33-24-20-13-18-6-5-7-21(24)19(12-18)14-20)15-31-34(27)10-9-30(3,4)29(38)32-23-8-11-40-25(23)28(36)37/h8-11,15,17-21,24H,5-7,12-14,16H2,1-4H3,(H,32,38)(H,33,35)(H,36,37)/b10-9+. The van der Waals surface area contributed by atoms with E-state index in [2.05, 4.69) is 15.7 Å². The number of carbonyl (C=O) groups is 3. The van der Waals surface area contributed by atoms with E-state index in [4.69, 9.17) is 4.74 Å². The first kappa shape index (κ1) is 28.4. The molecule has 3 bridgehead atoms. The summed E-state index contributed by atoms with van der Waals surface area (Å²) in [7, 11) is 0. The Kier molecular flexibility index (Phi) is 8.08. The van der Waals surface area contributed by atoms with Gasteiger partial charge in [0.25, 0.3) is 5.91 Å². The highest BCUT2D eigenvalue weighted by molar-refractivity contribution is 7.12. The fraction of sp³-hybridized carbons (Fsp3) is 0.600. The quantitative estimate of drug-likeness (QED) is 0.335. The number of nitrogens with one attached hydrogen (secondary N) is 2. The van der Waals surface area contributed by atoms with Gasteiger partial charge in [-0.15, -0.1) is 11.3 Å². The van der Waals surface area contributed by atoms with Gasteiger partial charge < -0.3 is 20.5 Å². The molecule has 3 saturated carbocycles. The maximum Gasteiger partial charge on any atom is 0.348 e. The van der Waals surface area contributed by atoms with Crippen LogP contribution in [-0.4, -0.2) is 45.3 Å². The lowest BCUT2D eigenvalue weighted by Gasteiger charge is -2.30. The van der Waals surface area contributed by atoms with Crippen LogP contribution in [-0.2, 0) is 4.79 Å². The zero-order valence-electron chi connectivity index (χ0n) is 23.7. The molecule has 2 aromatic rings. The number of hydrogen-bond donors (Lipinski definition) is 3. The molecule has 5 atom stereocenters. The number of aromatic nitrogens is 2. The van der Waals surface area contributed by atoms with Crippen LogP contribution in [0.2, 0.25) is 0 Å². The molecule has 3 fully saturated rings. The predicted octanol–water partition coefficient (Wildman–Crippen LogP) is 5.76. The van der Waals surface area contributed by atoms with E-state index in [0.29, 0.717) is 29.9 Å². The Labute approximate surface area is 239 Å². The van der Waals surface area contributed by atoms with Crippen molar-refractivity contribution in [2.24, 2.45) is 35.0 Å². The number of aromatic carboxylic acids is 1. The molecule has 5 unspecified atom stereocenters. The number of ether oxygens (including phenoxy) is 1. The normalized spacial score (nSPS) is 25.8. The number of carboxylic acids is 1. The molecule has 2 amide bonds. The average molecular weight is 569 g/mol. The first-order valence-corrected chi connectivity index (χ1v) is 15.2. The Hall–Kier alpha value is -3.14. The van der Waals surface area contributed by atoms with Gasteiger partial charge in [-0.1, -0.05) is 32.8 Å². The van der Waals surface area contributed by atoms with Crippen molar-refractivity contribution in [1.29, 1.82) is 0 Å². The largest absolute Gasteiger partial charge is 0.477 e. The van der Waals surface area contributed by atoms with E-state index in [9.17, 15) is 19.5 Å². The van der Waals surface area contributed by atoms with E-state index in [1.165, 1.54) is 49.4 Å². The van der Waals surface area contributed by atoms with Gasteiger partial charge in [0.15, 0.2) is 0 Å². The highest BCUT2D eigenvalue weighted by Gasteiger charge is 2.49. The molecule has 0 aliphatic heterocycles. The fourth-order valence-electron chi connectivity index (χ4n) is 6.76. The zero-order chi connectivity index (χ0) is 28.6. The Balaban J connectivity index is 1.33. The van der Waals surface area contributed by atoms with Crippen molar-refractivity contribution in [3.8, 4) is 5.88 Å². The summed E-state index contributed by atoms with van der Waals surface area (Å²) in [4.78, 5) is 38.2. The molecule has 0 aromatic carbocycles. The van der Waals surface area contributed by atoms with Crippen LogP contribution in [0, 0.1) is 35.0 Å². The zero-order valence-corrected chi connectivity index (χ0v) is 24.5. The molecule has 2 aromatic heterocycles. The number of thiophene rings is 1. The molecule has 3 aliphatic rings. The summed E-state index contributed by atoms with van der Waals surface area (Å²) in [6, 6.07) is 1.78. The number of fused-ring (bicyclic) bond motifs is 2. The van der Waals surface area contributed by atoms with E-state index in [-0.39, 0.29) is 34.3 Å². The first-order valence-electron chi connectivity index (χ1n) is 14.4. The summed E-state index contributed by atoms with van der Waals surface area (Å²) in [5.74, 6) is 1.64. The molecule has 10 heteroatoms. The smallest absolute Gasteiger partial charge is 0.348 e. The summed E-state index contributed by atoms with van der Waals surface area (Å²) in [5, 5.41) is 21.5. The monoisotopic (exact) mass is 568 g/mol. The van der Waals surface area contributed by atoms with Crippen LogP contribution in [0.5, 0.6) is 5.88 Å². The molecular weight excluding hydrogens is 528 g/mol. The highest BCUT2D eigenvalue weighted by atomic mass is 32.1. The Bertz CT molecular complexity index is 1290. The second-order valence-electron chi connectivity index (χ2n) is 12.7. The molecule has 2 heterocycles. The fourth-order valence-corrected chi connectivity index (χ4v) is 7.45. The number of anilines is 1. The van der Waals surface area contributed by atoms with Crippen molar-refractivity contribution in [2.45, 2.75) is 72.3 Å². The highest BCUT2D eigenvalue weighted by Crippen LogP contribution is 2.53. The SMILES string of the molecule is CC(C)COc1c(C(=O)NC2C3CC4CCCC2C(C4)C3)cnn1/C=C/C(C)(C)C(=O)Nc1ccsc1C(=O)O. The maximum atomic E-state index is 13.6. The van der Waals surface area contributed by atoms with E-state index >= 15 is 0 Å². The summed E-state index contributed by atoms with van der Waals surface area (Å²) in [6.45, 7) is 7.95. The lowest BCUT2D eigenvalue weighted by molar-refractivity contribution is -0.121. The third-order valence-corrected chi connectivity index (χ3v) is 9.68. The lowest BCUT2D eigenvalue weighted by Crippen LogP contribution is -2.42. The predicted molar refractivity (Wildman–Crippen MR) is 154 cm³/mol. The molecule has 3 N–H and O–H groups in total. The summed E-state index contributed by atoms with van der Waals surface area (Å²) >= 11 is 1.06. The van der Waals surface area contributed by atoms with Gasteiger partial charge in [0.2, 0.25) is 11.8 Å². The topological polar surface area (TPSA) is 123 Å². The third-order valence-electron chi connectivity index (χ3n) is 8.77. The van der Waals surface area contributed by atoms with Crippen LogP contribution in [0.3, 0.4) is 0 Å². The van der Waals surface area contributed by atoms with Gasteiger partial charge in [-0.2, -0.15) is 5.10 Å². The third kappa shape index (κ3) is 5.82. The van der Waals surface area contributed by atoms with Gasteiger partial charge in [-0.25, -0.2) is 9.48 Å². The average Bonchev–Trinajstić information content (AvgIpc) is 3.56. The van der Waals surface area contributed by atoms with Crippen molar-refractivity contribution in [1.82, 2.24) is 15.1 Å². The number of amides is 2. The Morgan fingerprint density at radius 1 is 1.23 bits per heavy atom. The number of carboxylic acid groups (broad SMARTS) is 1. The number of carbonyl (C=O) groups excluding carboxylic acids is 2. The first-order chi connectivity index (χ1) is 19.0. The minimum atomic E-state index is -1.09. The molecule has 40 heavy (non-hydrogen) atoms. The van der Waals surface area contributed by atoms with Crippen LogP contribution in [0.4, 0.5) is 5.69 Å². The molecule has 3 aliphatic carbocycles.